The summed E-state index contributed by atoms with van der Waals surface area (Å²) in [7, 11) is 0. The molecule has 3 aromatic rings. The molecule has 0 spiro atoms. The molecule has 116 valence electrons. The van der Waals surface area contributed by atoms with Crippen molar-refractivity contribution in [3.8, 4) is 11.3 Å². The molecule has 0 radical (unpaired) electrons. The minimum atomic E-state index is -0.983. The fraction of sp³-hybridized carbons (Fsp3) is 0.176. The Morgan fingerprint density at radius 2 is 1.96 bits per heavy atom. The van der Waals surface area contributed by atoms with Crippen LogP contribution in [0.2, 0.25) is 0 Å². The van der Waals surface area contributed by atoms with E-state index in [1.165, 1.54) is 16.8 Å². The van der Waals surface area contributed by atoms with Crippen LogP contribution in [0.1, 0.15) is 23.7 Å². The summed E-state index contributed by atoms with van der Waals surface area (Å²) < 4.78 is 1.43. The van der Waals surface area contributed by atoms with Crippen LogP contribution in [0.4, 0.5) is 0 Å². The van der Waals surface area contributed by atoms with E-state index in [4.69, 9.17) is 5.11 Å². The number of pyridine rings is 1. The Morgan fingerprint density at radius 1 is 1.22 bits per heavy atom. The minimum Gasteiger partial charge on any atom is -0.478 e. The smallest absolute Gasteiger partial charge is 0.335 e. The van der Waals surface area contributed by atoms with Crippen LogP contribution in [0.15, 0.2) is 47.4 Å². The van der Waals surface area contributed by atoms with Gasteiger partial charge in [-0.05, 0) is 30.7 Å². The lowest BCUT2D eigenvalue weighted by atomic mass is 10.1. The van der Waals surface area contributed by atoms with Gasteiger partial charge in [-0.2, -0.15) is 5.10 Å². The van der Waals surface area contributed by atoms with E-state index in [1.54, 1.807) is 30.5 Å². The van der Waals surface area contributed by atoms with Gasteiger partial charge in [0.2, 0.25) is 0 Å². The van der Waals surface area contributed by atoms with Crippen LogP contribution in [0, 0.1) is 0 Å². The van der Waals surface area contributed by atoms with Gasteiger partial charge in [0.15, 0.2) is 0 Å². The van der Waals surface area contributed by atoms with Crippen LogP contribution < -0.4 is 5.56 Å². The number of aryl methyl sites for hydroxylation is 1. The number of carboxylic acid groups (broad SMARTS) is 1. The zero-order chi connectivity index (χ0) is 16.4. The Bertz CT molecular complexity index is 930. The number of rotatable bonds is 4. The van der Waals surface area contributed by atoms with Crippen LogP contribution in [-0.4, -0.2) is 25.8 Å². The third kappa shape index (κ3) is 2.70. The molecule has 0 saturated carbocycles. The first-order valence-electron chi connectivity index (χ1n) is 7.31. The number of fused-ring (bicyclic) bond motifs is 1. The summed E-state index contributed by atoms with van der Waals surface area (Å²) in [6, 6.07) is 9.85. The summed E-state index contributed by atoms with van der Waals surface area (Å²) in [5.74, 6) is -0.983. The zero-order valence-electron chi connectivity index (χ0n) is 12.6. The molecular weight excluding hydrogens is 294 g/mol. The standard InChI is InChI=1S/C17H15N3O3/c1-2-10-20-16(21)13-4-3-9-18-15(13)14(19-20)11-5-7-12(8-6-11)17(22)23/h3-9H,2,10H2,1H3,(H,22,23). The fourth-order valence-corrected chi connectivity index (χ4v) is 2.45. The first-order chi connectivity index (χ1) is 11.1. The molecule has 1 aromatic carbocycles. The van der Waals surface area contributed by atoms with Crippen molar-refractivity contribution in [2.75, 3.05) is 0 Å². The van der Waals surface area contributed by atoms with Gasteiger partial charge in [-0.3, -0.25) is 9.78 Å². The quantitative estimate of drug-likeness (QED) is 0.800. The maximum atomic E-state index is 12.4. The molecule has 6 heteroatoms. The molecule has 0 atom stereocenters. The average molecular weight is 309 g/mol. The lowest BCUT2D eigenvalue weighted by Crippen LogP contribution is -2.24. The van der Waals surface area contributed by atoms with Gasteiger partial charge < -0.3 is 5.11 Å². The van der Waals surface area contributed by atoms with E-state index in [-0.39, 0.29) is 11.1 Å². The largest absolute Gasteiger partial charge is 0.478 e. The highest BCUT2D eigenvalue weighted by atomic mass is 16.4. The van der Waals surface area contributed by atoms with Crippen molar-refractivity contribution >= 4 is 16.9 Å². The van der Waals surface area contributed by atoms with Gasteiger partial charge >= 0.3 is 5.97 Å². The molecule has 6 nitrogen and oxygen atoms in total. The van der Waals surface area contributed by atoms with E-state index in [1.807, 2.05) is 6.92 Å². The first kappa shape index (κ1) is 14.9. The van der Waals surface area contributed by atoms with E-state index in [0.717, 1.165) is 12.0 Å². The summed E-state index contributed by atoms with van der Waals surface area (Å²) in [5.41, 5.74) is 1.86. The number of carbonyl (C=O) groups is 1. The van der Waals surface area contributed by atoms with Crippen molar-refractivity contribution in [1.82, 2.24) is 14.8 Å². The Balaban J connectivity index is 2.25. The molecule has 0 aliphatic carbocycles. The second-order valence-corrected chi connectivity index (χ2v) is 5.16. The second kappa shape index (κ2) is 6.00. The van der Waals surface area contributed by atoms with Gasteiger partial charge in [0.25, 0.3) is 5.56 Å². The van der Waals surface area contributed by atoms with Crippen LogP contribution >= 0.6 is 0 Å². The number of carboxylic acids is 1. The summed E-state index contributed by atoms with van der Waals surface area (Å²) in [6.07, 6.45) is 2.40. The molecule has 0 bridgehead atoms. The lowest BCUT2D eigenvalue weighted by Gasteiger charge is -2.10. The van der Waals surface area contributed by atoms with E-state index in [9.17, 15) is 9.59 Å². The number of aromatic carboxylic acids is 1. The van der Waals surface area contributed by atoms with Gasteiger partial charge in [-0.15, -0.1) is 0 Å². The van der Waals surface area contributed by atoms with Gasteiger partial charge in [-0.1, -0.05) is 19.1 Å². The maximum Gasteiger partial charge on any atom is 0.335 e. The van der Waals surface area contributed by atoms with Crippen molar-refractivity contribution in [2.24, 2.45) is 0 Å². The molecule has 1 N–H and O–H groups in total. The fourth-order valence-electron chi connectivity index (χ4n) is 2.45. The van der Waals surface area contributed by atoms with Crippen LogP contribution in [0.25, 0.3) is 22.2 Å². The predicted molar refractivity (Wildman–Crippen MR) is 86.5 cm³/mol. The van der Waals surface area contributed by atoms with Crippen molar-refractivity contribution in [1.29, 1.82) is 0 Å². The SMILES string of the molecule is CCCn1nc(-c2ccc(C(=O)O)cc2)c2ncccc2c1=O. The molecule has 0 amide bonds. The maximum absolute atomic E-state index is 12.4. The van der Waals surface area contributed by atoms with Crippen molar-refractivity contribution in [3.63, 3.8) is 0 Å². The highest BCUT2D eigenvalue weighted by Crippen LogP contribution is 2.23. The van der Waals surface area contributed by atoms with Gasteiger partial charge in [-0.25, -0.2) is 9.48 Å². The van der Waals surface area contributed by atoms with Crippen molar-refractivity contribution in [3.05, 3.63) is 58.5 Å². The molecule has 3 rings (SSSR count). The lowest BCUT2D eigenvalue weighted by molar-refractivity contribution is 0.0697. The molecule has 2 heterocycles. The molecule has 0 fully saturated rings. The molecule has 23 heavy (non-hydrogen) atoms. The summed E-state index contributed by atoms with van der Waals surface area (Å²) >= 11 is 0. The van der Waals surface area contributed by atoms with Crippen molar-refractivity contribution < 1.29 is 9.90 Å². The second-order valence-electron chi connectivity index (χ2n) is 5.16. The Morgan fingerprint density at radius 3 is 2.61 bits per heavy atom. The van der Waals surface area contributed by atoms with Gasteiger partial charge in [0, 0.05) is 18.3 Å². The molecule has 0 aliphatic rings. The summed E-state index contributed by atoms with van der Waals surface area (Å²) in [4.78, 5) is 27.7. The van der Waals surface area contributed by atoms with Gasteiger partial charge in [0.1, 0.15) is 11.2 Å². The minimum absolute atomic E-state index is 0.166. The van der Waals surface area contributed by atoms with E-state index in [2.05, 4.69) is 10.1 Å². The van der Waals surface area contributed by atoms with E-state index >= 15 is 0 Å². The average Bonchev–Trinajstić information content (AvgIpc) is 2.58. The molecule has 2 aromatic heterocycles. The predicted octanol–water partition coefficient (Wildman–Crippen LogP) is 2.57. The van der Waals surface area contributed by atoms with Crippen LogP contribution in [-0.2, 0) is 6.54 Å². The Kier molecular flexibility index (Phi) is 3.89. The molecule has 0 unspecified atom stereocenters. The first-order valence-corrected chi connectivity index (χ1v) is 7.31. The number of benzene rings is 1. The molecular formula is C17H15N3O3. The van der Waals surface area contributed by atoms with Crippen LogP contribution in [0.5, 0.6) is 0 Å². The summed E-state index contributed by atoms with van der Waals surface area (Å²) in [5, 5.41) is 13.9. The monoisotopic (exact) mass is 309 g/mol. The van der Waals surface area contributed by atoms with Crippen molar-refractivity contribution in [2.45, 2.75) is 19.9 Å². The third-order valence-electron chi connectivity index (χ3n) is 3.56. The summed E-state index contributed by atoms with van der Waals surface area (Å²) in [6.45, 7) is 2.49. The Hall–Kier alpha value is -3.02. The number of hydrogen-bond donors (Lipinski definition) is 1. The van der Waals surface area contributed by atoms with E-state index < -0.39 is 5.97 Å². The third-order valence-corrected chi connectivity index (χ3v) is 3.56. The zero-order valence-corrected chi connectivity index (χ0v) is 12.6. The van der Waals surface area contributed by atoms with E-state index in [0.29, 0.717) is 23.1 Å². The molecule has 0 saturated heterocycles. The number of aromatic nitrogens is 3. The number of nitrogens with zero attached hydrogens (tertiary/aromatic N) is 3. The number of hydrogen-bond acceptors (Lipinski definition) is 4. The highest BCUT2D eigenvalue weighted by Gasteiger charge is 2.13. The van der Waals surface area contributed by atoms with Crippen LogP contribution in [0.3, 0.4) is 0 Å². The van der Waals surface area contributed by atoms with Gasteiger partial charge in [0.05, 0.1) is 10.9 Å². The molecule has 0 aliphatic heterocycles. The normalized spacial score (nSPS) is 10.8. The Labute approximate surface area is 132 Å². The highest BCUT2D eigenvalue weighted by molar-refractivity contribution is 5.92. The topological polar surface area (TPSA) is 85.1 Å².